The number of aryl methyl sites for hydroxylation is 2. The molecule has 0 aliphatic carbocycles. The van der Waals surface area contributed by atoms with Gasteiger partial charge in [0.1, 0.15) is 28.5 Å². The molecule has 0 radical (unpaired) electrons. The highest BCUT2D eigenvalue weighted by molar-refractivity contribution is 6.30. The summed E-state index contributed by atoms with van der Waals surface area (Å²) in [4.78, 5) is 28.9. The van der Waals surface area contributed by atoms with Crippen molar-refractivity contribution in [3.8, 4) is 11.3 Å². The maximum absolute atomic E-state index is 15.0. The van der Waals surface area contributed by atoms with E-state index in [-0.39, 0.29) is 32.9 Å². The molecule has 3 aromatic heterocycles. The molecule has 1 aromatic carbocycles. The summed E-state index contributed by atoms with van der Waals surface area (Å²) in [6.45, 7) is 5.02. The minimum atomic E-state index is -0.660. The Labute approximate surface area is 199 Å². The molecule has 1 aliphatic rings. The fourth-order valence-electron chi connectivity index (χ4n) is 4.16. The van der Waals surface area contributed by atoms with Crippen LogP contribution in [0.25, 0.3) is 22.3 Å². The number of hydrogen-bond donors (Lipinski definition) is 0. The molecule has 9 nitrogen and oxygen atoms in total. The first kappa shape index (κ1) is 22.4. The van der Waals surface area contributed by atoms with Gasteiger partial charge >= 0.3 is 0 Å². The van der Waals surface area contributed by atoms with E-state index in [1.165, 1.54) is 16.7 Å². The van der Waals surface area contributed by atoms with Crippen LogP contribution in [0.5, 0.6) is 0 Å². The van der Waals surface area contributed by atoms with Crippen molar-refractivity contribution in [1.82, 2.24) is 29.3 Å². The summed E-state index contributed by atoms with van der Waals surface area (Å²) in [5.74, 6) is 0.221. The average Bonchev–Trinajstić information content (AvgIpc) is 3.25. The van der Waals surface area contributed by atoms with E-state index < -0.39 is 11.4 Å². The Balaban J connectivity index is 1.69. The predicted octanol–water partition coefficient (Wildman–Crippen LogP) is 2.98. The lowest BCUT2D eigenvalue weighted by atomic mass is 9.97. The van der Waals surface area contributed by atoms with E-state index in [1.807, 2.05) is 25.1 Å². The van der Waals surface area contributed by atoms with Crippen molar-refractivity contribution in [2.45, 2.75) is 19.4 Å². The first-order chi connectivity index (χ1) is 16.2. The highest BCUT2D eigenvalue weighted by atomic mass is 35.5. The fourth-order valence-corrected chi connectivity index (χ4v) is 4.32. The number of morpholine rings is 1. The molecule has 1 atom stereocenters. The molecular weight excluding hydrogens is 461 g/mol. The molecule has 176 valence electrons. The van der Waals surface area contributed by atoms with Crippen molar-refractivity contribution in [1.29, 1.82) is 0 Å². The van der Waals surface area contributed by atoms with Crippen LogP contribution in [0.2, 0.25) is 5.02 Å². The van der Waals surface area contributed by atoms with Crippen LogP contribution in [-0.2, 0) is 24.4 Å². The zero-order valence-electron chi connectivity index (χ0n) is 19.2. The number of ether oxygens (including phenoxy) is 1. The normalized spacial score (nSPS) is 18.6. The minimum absolute atomic E-state index is 0.122. The number of benzene rings is 1. The van der Waals surface area contributed by atoms with Crippen molar-refractivity contribution < 1.29 is 9.13 Å². The third kappa shape index (κ3) is 3.72. The molecule has 1 aliphatic heterocycles. The smallest absolute Gasteiger partial charge is 0.279 e. The van der Waals surface area contributed by atoms with Gasteiger partial charge in [-0.2, -0.15) is 5.10 Å². The summed E-state index contributed by atoms with van der Waals surface area (Å²) in [5.41, 5.74) is 0.729. The largest absolute Gasteiger partial charge is 0.367 e. The monoisotopic (exact) mass is 483 g/mol. The molecule has 0 bridgehead atoms. The lowest BCUT2D eigenvalue weighted by Crippen LogP contribution is -2.49. The van der Waals surface area contributed by atoms with Crippen LogP contribution in [0.1, 0.15) is 18.3 Å². The van der Waals surface area contributed by atoms with E-state index in [4.69, 9.17) is 21.3 Å². The number of nitrogens with zero attached hydrogens (tertiary/aromatic N) is 7. The molecular formula is C23H23ClFN7O2. The van der Waals surface area contributed by atoms with Crippen molar-refractivity contribution in [2.75, 3.05) is 24.6 Å². The molecule has 4 heterocycles. The van der Waals surface area contributed by atoms with Gasteiger partial charge in [-0.25, -0.2) is 19.3 Å². The molecule has 5 rings (SSSR count). The third-order valence-corrected chi connectivity index (χ3v) is 6.43. The van der Waals surface area contributed by atoms with Crippen LogP contribution >= 0.6 is 11.6 Å². The topological polar surface area (TPSA) is 91.0 Å². The second-order valence-corrected chi connectivity index (χ2v) is 9.06. The van der Waals surface area contributed by atoms with Gasteiger partial charge in [0.2, 0.25) is 5.95 Å². The van der Waals surface area contributed by atoms with E-state index in [0.717, 1.165) is 5.56 Å². The van der Waals surface area contributed by atoms with Crippen molar-refractivity contribution >= 4 is 28.6 Å². The fraction of sp³-hybridized carbons (Fsp3) is 0.348. The Morgan fingerprint density at radius 2 is 1.97 bits per heavy atom. The number of halogens is 2. The lowest BCUT2D eigenvalue weighted by molar-refractivity contribution is -0.0470. The first-order valence-corrected chi connectivity index (χ1v) is 11.1. The van der Waals surface area contributed by atoms with Crippen LogP contribution in [-0.4, -0.2) is 49.0 Å². The molecule has 0 amide bonds. The molecule has 1 saturated heterocycles. The van der Waals surface area contributed by atoms with Crippen LogP contribution < -0.4 is 10.5 Å². The zero-order valence-corrected chi connectivity index (χ0v) is 20.0. The summed E-state index contributed by atoms with van der Waals surface area (Å²) in [5, 5.41) is 4.52. The summed E-state index contributed by atoms with van der Waals surface area (Å²) in [6, 6.07) is 4.33. The average molecular weight is 484 g/mol. The van der Waals surface area contributed by atoms with Crippen molar-refractivity contribution in [3.05, 3.63) is 63.2 Å². The predicted molar refractivity (Wildman–Crippen MR) is 126 cm³/mol. The van der Waals surface area contributed by atoms with Gasteiger partial charge in [-0.15, -0.1) is 0 Å². The van der Waals surface area contributed by atoms with Gasteiger partial charge in [0.15, 0.2) is 5.52 Å². The van der Waals surface area contributed by atoms with E-state index >= 15 is 0 Å². The van der Waals surface area contributed by atoms with E-state index in [0.29, 0.717) is 31.5 Å². The second-order valence-electron chi connectivity index (χ2n) is 8.62. The highest BCUT2D eigenvalue weighted by Gasteiger charge is 2.36. The molecule has 1 fully saturated rings. The number of hydrogen-bond acceptors (Lipinski definition) is 7. The van der Waals surface area contributed by atoms with Gasteiger partial charge in [-0.3, -0.25) is 14.0 Å². The molecule has 0 spiro atoms. The number of fused-ring (bicyclic) bond motifs is 1. The summed E-state index contributed by atoms with van der Waals surface area (Å²) >= 11 is 5.97. The third-order valence-electron chi connectivity index (χ3n) is 6.20. The molecule has 34 heavy (non-hydrogen) atoms. The van der Waals surface area contributed by atoms with Crippen LogP contribution in [0.4, 0.5) is 10.3 Å². The number of anilines is 1. The van der Waals surface area contributed by atoms with Crippen molar-refractivity contribution in [2.24, 2.45) is 14.1 Å². The maximum atomic E-state index is 15.0. The Kier molecular flexibility index (Phi) is 5.37. The van der Waals surface area contributed by atoms with Gasteiger partial charge in [0, 0.05) is 43.0 Å². The van der Waals surface area contributed by atoms with Crippen molar-refractivity contribution in [3.63, 3.8) is 0 Å². The Bertz CT molecular complexity index is 1480. The van der Waals surface area contributed by atoms with Gasteiger partial charge in [-0.05, 0) is 32.0 Å². The van der Waals surface area contributed by atoms with Crippen LogP contribution in [0.3, 0.4) is 0 Å². The molecule has 4 aromatic rings. The summed E-state index contributed by atoms with van der Waals surface area (Å²) in [7, 11) is 3.47. The van der Waals surface area contributed by atoms with Gasteiger partial charge < -0.3 is 9.64 Å². The number of rotatable bonds is 3. The van der Waals surface area contributed by atoms with E-state index in [2.05, 4.69) is 15.1 Å². The van der Waals surface area contributed by atoms with E-state index in [1.54, 1.807) is 30.9 Å². The van der Waals surface area contributed by atoms with Crippen LogP contribution in [0, 0.1) is 12.7 Å². The van der Waals surface area contributed by atoms with Crippen LogP contribution in [0.15, 0.2) is 35.4 Å². The first-order valence-electron chi connectivity index (χ1n) is 10.7. The van der Waals surface area contributed by atoms with E-state index in [9.17, 15) is 9.18 Å². The van der Waals surface area contributed by atoms with Gasteiger partial charge in [0.05, 0.1) is 19.3 Å². The summed E-state index contributed by atoms with van der Waals surface area (Å²) in [6.07, 6.45) is 3.67. The molecule has 1 unspecified atom stereocenters. The Morgan fingerprint density at radius 3 is 2.68 bits per heavy atom. The zero-order chi connectivity index (χ0) is 24.2. The molecule has 0 saturated carbocycles. The maximum Gasteiger partial charge on any atom is 0.279 e. The molecule has 11 heteroatoms. The second kappa shape index (κ2) is 8.14. The van der Waals surface area contributed by atoms with Gasteiger partial charge in [0.25, 0.3) is 5.56 Å². The summed E-state index contributed by atoms with van der Waals surface area (Å²) < 4.78 is 24.2. The standard InChI is InChI=1S/C23H23ClFN7O2/c1-13-27-19-18(16-6-5-15(24)9-17(16)25)28-22(29-20(19)21(33)31(13)4)32-7-8-34-23(2,12-32)14-10-26-30(3)11-14/h5-6,9-11H,7-8,12H2,1-4H3. The Morgan fingerprint density at radius 1 is 1.18 bits per heavy atom. The lowest BCUT2D eigenvalue weighted by Gasteiger charge is -2.40. The minimum Gasteiger partial charge on any atom is -0.367 e. The highest BCUT2D eigenvalue weighted by Crippen LogP contribution is 2.33. The number of aromatic nitrogens is 6. The van der Waals surface area contributed by atoms with Gasteiger partial charge in [-0.1, -0.05) is 11.6 Å². The molecule has 0 N–H and O–H groups in total. The Hall–Kier alpha value is -3.37. The SMILES string of the molecule is Cc1nc2c(-c3ccc(Cl)cc3F)nc(N3CCOC(C)(c4cnn(C)c4)C3)nc2c(=O)n1C. The quantitative estimate of drug-likeness (QED) is 0.442.